The average molecular weight is 467 g/mol. The summed E-state index contributed by atoms with van der Waals surface area (Å²) >= 11 is 1.22. The van der Waals surface area contributed by atoms with Crippen molar-refractivity contribution in [2.75, 3.05) is 19.8 Å². The van der Waals surface area contributed by atoms with Crippen molar-refractivity contribution in [2.45, 2.75) is 32.3 Å². The van der Waals surface area contributed by atoms with Crippen LogP contribution in [0.15, 0.2) is 59.6 Å². The van der Waals surface area contributed by atoms with Crippen molar-refractivity contribution < 1.29 is 19.1 Å². The smallest absolute Gasteiger partial charge is 0.328 e. The monoisotopic (exact) mass is 466 g/mol. The van der Waals surface area contributed by atoms with Crippen molar-refractivity contribution in [2.24, 2.45) is 4.99 Å². The number of aliphatic imine (C=N–C) groups is 1. The molecule has 0 bridgehead atoms. The van der Waals surface area contributed by atoms with Crippen molar-refractivity contribution in [3.63, 3.8) is 0 Å². The predicted octanol–water partition coefficient (Wildman–Crippen LogP) is 2.86. The SMILES string of the molecule is Cc1cccc(CN2C(SCC(=O)OCc3ccccc3)=NC3C2C(=O)N(C)C(=O)N3C)c1. The Balaban J connectivity index is 1.50. The fourth-order valence-electron chi connectivity index (χ4n) is 3.94. The molecule has 1 saturated heterocycles. The number of esters is 1. The molecule has 172 valence electrons. The Bertz CT molecular complexity index is 1090. The molecule has 0 aromatic heterocycles. The van der Waals surface area contributed by atoms with Crippen LogP contribution < -0.4 is 0 Å². The molecule has 0 radical (unpaired) electrons. The number of imide groups is 1. The van der Waals surface area contributed by atoms with Gasteiger partial charge in [0.2, 0.25) is 0 Å². The molecule has 1 fully saturated rings. The predicted molar refractivity (Wildman–Crippen MR) is 126 cm³/mol. The summed E-state index contributed by atoms with van der Waals surface area (Å²) in [6, 6.07) is 16.5. The third-order valence-electron chi connectivity index (χ3n) is 5.67. The lowest BCUT2D eigenvalue weighted by atomic mass is 10.1. The van der Waals surface area contributed by atoms with Gasteiger partial charge in [-0.2, -0.15) is 0 Å². The number of aryl methyl sites for hydroxylation is 1. The van der Waals surface area contributed by atoms with E-state index >= 15 is 0 Å². The Morgan fingerprint density at radius 2 is 1.79 bits per heavy atom. The number of carbonyl (C=O) groups excluding carboxylic acids is 3. The first-order chi connectivity index (χ1) is 15.8. The molecular formula is C24H26N4O4S. The number of hydrogen-bond donors (Lipinski definition) is 0. The van der Waals surface area contributed by atoms with Gasteiger partial charge in [0.15, 0.2) is 17.4 Å². The minimum absolute atomic E-state index is 0.0527. The zero-order valence-electron chi connectivity index (χ0n) is 18.8. The van der Waals surface area contributed by atoms with Gasteiger partial charge in [-0.3, -0.25) is 14.5 Å². The van der Waals surface area contributed by atoms with E-state index in [9.17, 15) is 14.4 Å². The number of carbonyl (C=O) groups is 3. The maximum Gasteiger partial charge on any atom is 0.328 e. The van der Waals surface area contributed by atoms with E-state index in [1.807, 2.05) is 60.4 Å². The molecule has 0 spiro atoms. The number of amidine groups is 1. The van der Waals surface area contributed by atoms with Crippen LogP contribution in [0, 0.1) is 6.92 Å². The molecule has 3 amide bonds. The standard InChI is InChI=1S/C24H26N4O4S/c1-16-8-7-11-18(12-16)13-28-20-21(26(2)24(31)27(3)22(20)30)25-23(28)33-15-19(29)32-14-17-9-5-4-6-10-17/h4-12,20-21H,13-15H2,1-3H3. The number of fused-ring (bicyclic) bond motifs is 1. The molecule has 33 heavy (non-hydrogen) atoms. The summed E-state index contributed by atoms with van der Waals surface area (Å²) in [5, 5.41) is 0.548. The first-order valence-corrected chi connectivity index (χ1v) is 11.6. The zero-order chi connectivity index (χ0) is 23.5. The molecule has 2 aromatic rings. The largest absolute Gasteiger partial charge is 0.460 e. The van der Waals surface area contributed by atoms with Crippen molar-refractivity contribution in [1.29, 1.82) is 0 Å². The van der Waals surface area contributed by atoms with Crippen LogP contribution in [0.4, 0.5) is 4.79 Å². The molecule has 0 aliphatic carbocycles. The second-order valence-corrected chi connectivity index (χ2v) is 9.06. The summed E-state index contributed by atoms with van der Waals surface area (Å²) in [6.07, 6.45) is -0.631. The van der Waals surface area contributed by atoms with Crippen LogP contribution in [0.2, 0.25) is 0 Å². The molecule has 2 aliphatic rings. The van der Waals surface area contributed by atoms with Gasteiger partial charge in [0.25, 0.3) is 5.91 Å². The Labute approximate surface area is 197 Å². The highest BCUT2D eigenvalue weighted by atomic mass is 32.2. The lowest BCUT2D eigenvalue weighted by Gasteiger charge is -2.40. The number of nitrogens with zero attached hydrogens (tertiary/aromatic N) is 4. The van der Waals surface area contributed by atoms with E-state index in [1.54, 1.807) is 7.05 Å². The van der Waals surface area contributed by atoms with Crippen LogP contribution >= 0.6 is 11.8 Å². The van der Waals surface area contributed by atoms with E-state index in [1.165, 1.54) is 23.7 Å². The van der Waals surface area contributed by atoms with Gasteiger partial charge >= 0.3 is 12.0 Å². The number of rotatable bonds is 6. The van der Waals surface area contributed by atoms with E-state index in [-0.39, 0.29) is 24.2 Å². The van der Waals surface area contributed by atoms with Crippen molar-refractivity contribution in [3.05, 3.63) is 71.3 Å². The summed E-state index contributed by atoms with van der Waals surface area (Å²) in [5.74, 6) is -0.622. The highest BCUT2D eigenvalue weighted by molar-refractivity contribution is 8.14. The number of likely N-dealkylation sites (N-methyl/N-ethyl adjacent to an activating group) is 2. The second kappa shape index (κ2) is 9.66. The Kier molecular flexibility index (Phi) is 6.69. The maximum absolute atomic E-state index is 13.0. The fraction of sp³-hybridized carbons (Fsp3) is 0.333. The van der Waals surface area contributed by atoms with Gasteiger partial charge in [0.1, 0.15) is 6.61 Å². The zero-order valence-corrected chi connectivity index (χ0v) is 19.6. The van der Waals surface area contributed by atoms with E-state index < -0.39 is 18.2 Å². The minimum Gasteiger partial charge on any atom is -0.460 e. The lowest BCUT2D eigenvalue weighted by Crippen LogP contribution is -2.63. The normalized spacial score (nSPS) is 20.1. The van der Waals surface area contributed by atoms with E-state index in [4.69, 9.17) is 4.74 Å². The number of urea groups is 1. The summed E-state index contributed by atoms with van der Waals surface area (Å²) in [6.45, 7) is 2.65. The molecule has 2 aliphatic heterocycles. The number of amides is 3. The molecule has 2 aromatic carbocycles. The second-order valence-electron chi connectivity index (χ2n) is 8.11. The minimum atomic E-state index is -0.638. The first-order valence-electron chi connectivity index (χ1n) is 10.6. The van der Waals surface area contributed by atoms with Crippen molar-refractivity contribution >= 4 is 34.8 Å². The van der Waals surface area contributed by atoms with Crippen molar-refractivity contribution in [1.82, 2.24) is 14.7 Å². The van der Waals surface area contributed by atoms with Gasteiger partial charge in [-0.1, -0.05) is 71.9 Å². The van der Waals surface area contributed by atoms with E-state index in [0.29, 0.717) is 11.7 Å². The Morgan fingerprint density at radius 3 is 2.52 bits per heavy atom. The van der Waals surface area contributed by atoms with Crippen LogP contribution in [0.1, 0.15) is 16.7 Å². The van der Waals surface area contributed by atoms with Crippen LogP contribution in [0.3, 0.4) is 0 Å². The highest BCUT2D eigenvalue weighted by Crippen LogP contribution is 2.32. The number of thioether (sulfide) groups is 1. The summed E-state index contributed by atoms with van der Waals surface area (Å²) in [7, 11) is 3.12. The summed E-state index contributed by atoms with van der Waals surface area (Å²) in [4.78, 5) is 47.0. The number of benzene rings is 2. The molecule has 8 nitrogen and oxygen atoms in total. The lowest BCUT2D eigenvalue weighted by molar-refractivity contribution is -0.141. The summed E-state index contributed by atoms with van der Waals surface area (Å²) < 4.78 is 5.38. The quantitative estimate of drug-likeness (QED) is 0.609. The molecular weight excluding hydrogens is 440 g/mol. The molecule has 9 heteroatoms. The van der Waals surface area contributed by atoms with Crippen molar-refractivity contribution in [3.8, 4) is 0 Å². The molecule has 2 heterocycles. The first kappa shape index (κ1) is 22.8. The van der Waals surface area contributed by atoms with Gasteiger partial charge in [0, 0.05) is 20.6 Å². The molecule has 2 atom stereocenters. The molecule has 0 saturated carbocycles. The Hall–Kier alpha value is -3.33. The Morgan fingerprint density at radius 1 is 1.06 bits per heavy atom. The van der Waals surface area contributed by atoms with Gasteiger partial charge in [-0.25, -0.2) is 9.79 Å². The number of ether oxygens (including phenoxy) is 1. The van der Waals surface area contributed by atoms with Crippen LogP contribution in [0.5, 0.6) is 0 Å². The topological polar surface area (TPSA) is 82.5 Å². The third kappa shape index (κ3) is 4.88. The fourth-order valence-corrected chi connectivity index (χ4v) is 4.79. The van der Waals surface area contributed by atoms with E-state index in [0.717, 1.165) is 21.6 Å². The average Bonchev–Trinajstić information content (AvgIpc) is 3.17. The van der Waals surface area contributed by atoms with Crippen LogP contribution in [0.25, 0.3) is 0 Å². The van der Waals surface area contributed by atoms with Crippen LogP contribution in [-0.4, -0.2) is 69.8 Å². The van der Waals surface area contributed by atoms with Crippen LogP contribution in [-0.2, 0) is 27.5 Å². The van der Waals surface area contributed by atoms with Gasteiger partial charge in [-0.15, -0.1) is 0 Å². The molecule has 2 unspecified atom stereocenters. The van der Waals surface area contributed by atoms with Gasteiger partial charge in [-0.05, 0) is 18.1 Å². The number of hydrogen-bond acceptors (Lipinski definition) is 7. The van der Waals surface area contributed by atoms with Gasteiger partial charge in [0.05, 0.1) is 5.75 Å². The third-order valence-corrected chi connectivity index (χ3v) is 6.65. The summed E-state index contributed by atoms with van der Waals surface area (Å²) in [5.41, 5.74) is 3.04. The maximum atomic E-state index is 13.0. The molecule has 4 rings (SSSR count). The highest BCUT2D eigenvalue weighted by Gasteiger charge is 2.51. The van der Waals surface area contributed by atoms with Gasteiger partial charge < -0.3 is 14.5 Å². The molecule has 0 N–H and O–H groups in total. The van der Waals surface area contributed by atoms with E-state index in [2.05, 4.69) is 11.1 Å².